The zero-order valence-corrected chi connectivity index (χ0v) is 29.3. The molecule has 1 amide bonds. The van der Waals surface area contributed by atoms with E-state index < -0.39 is 10.0 Å². The van der Waals surface area contributed by atoms with Crippen LogP contribution in [-0.2, 0) is 16.4 Å². The van der Waals surface area contributed by atoms with Crippen LogP contribution < -0.4 is 9.62 Å². The molecule has 0 spiro atoms. The summed E-state index contributed by atoms with van der Waals surface area (Å²) >= 11 is 0. The number of carbonyl (C=O) groups excluding carboxylic acids is 1. The zero-order chi connectivity index (χ0) is 33.6. The smallest absolute Gasteiger partial charge is 0.258 e. The van der Waals surface area contributed by atoms with Gasteiger partial charge < -0.3 is 4.90 Å². The van der Waals surface area contributed by atoms with E-state index in [1.807, 2.05) is 97.0 Å². The number of amides is 1. The molecule has 1 aliphatic rings. The van der Waals surface area contributed by atoms with Crippen LogP contribution >= 0.6 is 0 Å². The number of aliphatic imine (C=N–C) groups is 1. The van der Waals surface area contributed by atoms with Gasteiger partial charge >= 0.3 is 0 Å². The summed E-state index contributed by atoms with van der Waals surface area (Å²) in [6.45, 7) is 18.2. The Hall–Kier alpha value is -3.81. The number of fused-ring (bicyclic) bond motifs is 1. The van der Waals surface area contributed by atoms with E-state index in [0.717, 1.165) is 40.7 Å². The molecular formula is C38H51N3O3S. The van der Waals surface area contributed by atoms with Crippen molar-refractivity contribution >= 4 is 27.8 Å². The minimum Gasteiger partial charge on any atom is -0.304 e. The van der Waals surface area contributed by atoms with Gasteiger partial charge in [-0.3, -0.25) is 9.79 Å². The van der Waals surface area contributed by atoms with Gasteiger partial charge in [-0.1, -0.05) is 82.2 Å². The Morgan fingerprint density at radius 1 is 0.978 bits per heavy atom. The number of aryl methyl sites for hydroxylation is 3. The van der Waals surface area contributed by atoms with Gasteiger partial charge in [0.2, 0.25) is 10.0 Å². The molecule has 0 bridgehead atoms. The Morgan fingerprint density at radius 2 is 1.64 bits per heavy atom. The lowest BCUT2D eigenvalue weighted by Gasteiger charge is -2.25. The molecule has 0 fully saturated rings. The molecule has 0 aliphatic heterocycles. The number of sulfonamides is 1. The zero-order valence-electron chi connectivity index (χ0n) is 28.5. The average molecular weight is 630 g/mol. The summed E-state index contributed by atoms with van der Waals surface area (Å²) in [6, 6.07) is 20.1. The minimum atomic E-state index is -3.72. The van der Waals surface area contributed by atoms with Gasteiger partial charge in [-0.05, 0) is 106 Å². The Labute approximate surface area is 272 Å². The molecule has 3 aromatic carbocycles. The number of rotatable bonds is 10. The minimum absolute atomic E-state index is 0.127. The van der Waals surface area contributed by atoms with E-state index in [-0.39, 0.29) is 16.8 Å². The maximum atomic E-state index is 14.0. The predicted octanol–water partition coefficient (Wildman–Crippen LogP) is 9.30. The topological polar surface area (TPSA) is 78.8 Å². The number of allylic oxidation sites excluding steroid dienone is 1. The van der Waals surface area contributed by atoms with Gasteiger partial charge in [-0.25, -0.2) is 13.1 Å². The first-order valence-corrected chi connectivity index (χ1v) is 17.5. The van der Waals surface area contributed by atoms with Crippen LogP contribution in [0, 0.1) is 13.8 Å². The number of hydrogen-bond donors (Lipinski definition) is 1. The molecule has 45 heavy (non-hydrogen) atoms. The monoisotopic (exact) mass is 629 g/mol. The molecule has 7 heteroatoms. The Balaban J connectivity index is 0.00000169. The molecule has 1 N–H and O–H groups in total. The standard InChI is InChI=1S/C34H39N3O3S.2C2H6/c1-6-24(3)18-27(22-35-7-2)23-37(34(38)29-12-8-10-25(4)19-29)30-16-14-28-15-17-33(32(28)21-30)36-41(39,40)31-13-9-11-26(5)20-31;2*1-2/h7-14,16,18-22,33,36H,6,15,17,23H2,1-5H3;2*1-2H3/b24-18+,27-22+,35-7?;;. The van der Waals surface area contributed by atoms with Gasteiger partial charge in [0.1, 0.15) is 0 Å². The molecule has 0 saturated heterocycles. The van der Waals surface area contributed by atoms with Crippen molar-refractivity contribution in [1.29, 1.82) is 0 Å². The molecular weight excluding hydrogens is 579 g/mol. The summed E-state index contributed by atoms with van der Waals surface area (Å²) in [5.41, 5.74) is 7.27. The number of benzene rings is 3. The molecule has 0 saturated carbocycles. The quantitative estimate of drug-likeness (QED) is 0.179. The van der Waals surface area contributed by atoms with Gasteiger partial charge in [0.25, 0.3) is 5.91 Å². The number of nitrogens with one attached hydrogen (secondary N) is 1. The van der Waals surface area contributed by atoms with Gasteiger partial charge in [0.05, 0.1) is 11.4 Å². The van der Waals surface area contributed by atoms with Crippen molar-refractivity contribution in [3.8, 4) is 0 Å². The van der Waals surface area contributed by atoms with Crippen molar-refractivity contribution in [3.05, 3.63) is 118 Å². The molecule has 1 atom stereocenters. The third kappa shape index (κ3) is 10.4. The number of nitrogens with zero attached hydrogens (tertiary/aromatic N) is 2. The largest absolute Gasteiger partial charge is 0.304 e. The van der Waals surface area contributed by atoms with Crippen molar-refractivity contribution in [2.75, 3.05) is 11.4 Å². The van der Waals surface area contributed by atoms with Crippen LogP contribution in [0.5, 0.6) is 0 Å². The highest BCUT2D eigenvalue weighted by Crippen LogP contribution is 2.36. The Morgan fingerprint density at radius 3 is 2.27 bits per heavy atom. The van der Waals surface area contributed by atoms with Gasteiger partial charge in [0.15, 0.2) is 0 Å². The van der Waals surface area contributed by atoms with E-state index in [0.29, 0.717) is 24.2 Å². The molecule has 0 radical (unpaired) electrons. The summed E-state index contributed by atoms with van der Waals surface area (Å²) in [4.78, 5) is 20.4. The van der Waals surface area contributed by atoms with Crippen molar-refractivity contribution in [2.45, 2.75) is 92.5 Å². The maximum Gasteiger partial charge on any atom is 0.258 e. The number of anilines is 1. The first kappa shape index (κ1) is 37.4. The molecule has 1 aliphatic carbocycles. The Kier molecular flexibility index (Phi) is 15.1. The SMILES string of the molecule is CC.CC.CC=N/C=C(\C=C(/C)CC)CN(C(=O)c1cccc(C)c1)c1ccc2c(c1)C(NS(=O)(=O)c1cccc(C)c1)CC2. The first-order valence-electron chi connectivity index (χ1n) is 16.1. The summed E-state index contributed by atoms with van der Waals surface area (Å²) in [6.07, 6.45) is 7.90. The molecule has 4 rings (SSSR count). The van der Waals surface area contributed by atoms with Crippen molar-refractivity contribution < 1.29 is 13.2 Å². The summed E-state index contributed by atoms with van der Waals surface area (Å²) in [5.74, 6) is -0.127. The number of hydrogen-bond acceptors (Lipinski definition) is 4. The van der Waals surface area contributed by atoms with E-state index in [2.05, 4.69) is 29.6 Å². The molecule has 0 aromatic heterocycles. The lowest BCUT2D eigenvalue weighted by Crippen LogP contribution is -2.33. The lowest BCUT2D eigenvalue weighted by atomic mass is 10.0. The third-order valence-corrected chi connectivity index (χ3v) is 8.82. The summed E-state index contributed by atoms with van der Waals surface area (Å²) < 4.78 is 29.5. The van der Waals surface area contributed by atoms with Crippen LogP contribution in [0.1, 0.15) is 100.0 Å². The van der Waals surface area contributed by atoms with Crippen LogP contribution in [0.3, 0.4) is 0 Å². The maximum absolute atomic E-state index is 14.0. The average Bonchev–Trinajstić information content (AvgIpc) is 3.44. The van der Waals surface area contributed by atoms with E-state index in [1.54, 1.807) is 35.5 Å². The fourth-order valence-corrected chi connectivity index (χ4v) is 6.38. The summed E-state index contributed by atoms with van der Waals surface area (Å²) in [7, 11) is -3.72. The third-order valence-electron chi connectivity index (χ3n) is 7.35. The molecule has 0 heterocycles. The van der Waals surface area contributed by atoms with Gasteiger partial charge in [0, 0.05) is 29.7 Å². The number of carbonyl (C=O) groups is 1. The van der Waals surface area contributed by atoms with Crippen LogP contribution in [-0.4, -0.2) is 27.1 Å². The van der Waals surface area contributed by atoms with Crippen molar-refractivity contribution in [2.24, 2.45) is 4.99 Å². The fraction of sp³-hybridized carbons (Fsp3) is 0.368. The van der Waals surface area contributed by atoms with Crippen LogP contribution in [0.2, 0.25) is 0 Å². The molecule has 242 valence electrons. The van der Waals surface area contributed by atoms with E-state index in [4.69, 9.17) is 0 Å². The van der Waals surface area contributed by atoms with E-state index >= 15 is 0 Å². The summed E-state index contributed by atoms with van der Waals surface area (Å²) in [5, 5.41) is 0. The fourth-order valence-electron chi connectivity index (χ4n) is 5.03. The lowest BCUT2D eigenvalue weighted by molar-refractivity contribution is 0.0989. The second kappa shape index (κ2) is 18.2. The Bertz CT molecular complexity index is 1620. The predicted molar refractivity (Wildman–Crippen MR) is 191 cm³/mol. The van der Waals surface area contributed by atoms with E-state index in [1.165, 1.54) is 5.57 Å². The molecule has 1 unspecified atom stereocenters. The normalized spacial score (nSPS) is 14.6. The van der Waals surface area contributed by atoms with Crippen LogP contribution in [0.25, 0.3) is 0 Å². The second-order valence-electron chi connectivity index (χ2n) is 10.6. The van der Waals surface area contributed by atoms with Crippen molar-refractivity contribution in [1.82, 2.24) is 4.72 Å². The van der Waals surface area contributed by atoms with E-state index in [9.17, 15) is 13.2 Å². The van der Waals surface area contributed by atoms with Crippen molar-refractivity contribution in [3.63, 3.8) is 0 Å². The second-order valence-corrected chi connectivity index (χ2v) is 12.3. The first-order chi connectivity index (χ1) is 21.6. The van der Waals surface area contributed by atoms with Gasteiger partial charge in [-0.15, -0.1) is 0 Å². The highest BCUT2D eigenvalue weighted by molar-refractivity contribution is 7.89. The highest BCUT2D eigenvalue weighted by Gasteiger charge is 2.29. The highest BCUT2D eigenvalue weighted by atomic mass is 32.2. The van der Waals surface area contributed by atoms with Gasteiger partial charge in [-0.2, -0.15) is 0 Å². The molecule has 3 aromatic rings. The van der Waals surface area contributed by atoms with Crippen LogP contribution in [0.15, 0.2) is 100 Å². The van der Waals surface area contributed by atoms with Crippen LogP contribution in [0.4, 0.5) is 5.69 Å². The molecule has 6 nitrogen and oxygen atoms in total.